The first kappa shape index (κ1) is 17.9. The number of nitrogens with one attached hydrogen (secondary N) is 1. The third kappa shape index (κ3) is 8.59. The molecule has 3 N–H and O–H groups in total. The van der Waals surface area contributed by atoms with Crippen molar-refractivity contribution >= 4 is 11.9 Å². The fraction of sp³-hybridized carbons (Fsp3) is 0.857. The van der Waals surface area contributed by atoms with E-state index < -0.39 is 23.7 Å². The highest BCUT2D eigenvalue weighted by molar-refractivity contribution is 5.87. The van der Waals surface area contributed by atoms with Crippen LogP contribution in [0.15, 0.2) is 0 Å². The lowest BCUT2D eigenvalue weighted by Crippen LogP contribution is -2.49. The smallest absolute Gasteiger partial charge is 0.328 e. The number of hydrogen-bond acceptors (Lipinski definition) is 4. The summed E-state index contributed by atoms with van der Waals surface area (Å²) in [5.41, 5.74) is 5.21. The fourth-order valence-corrected chi connectivity index (χ4v) is 1.52. The molecule has 2 atom stereocenters. The lowest BCUT2D eigenvalue weighted by Gasteiger charge is -2.25. The molecule has 0 aliphatic rings. The van der Waals surface area contributed by atoms with Crippen molar-refractivity contribution in [3.63, 3.8) is 0 Å². The van der Waals surface area contributed by atoms with E-state index in [1.54, 1.807) is 27.7 Å². The molecule has 0 aromatic rings. The number of nitrogens with two attached hydrogens (primary N) is 1. The highest BCUT2D eigenvalue weighted by Crippen LogP contribution is 2.20. The van der Waals surface area contributed by atoms with E-state index >= 15 is 0 Å². The summed E-state index contributed by atoms with van der Waals surface area (Å²) in [5.74, 6) is -0.780. The van der Waals surface area contributed by atoms with Gasteiger partial charge in [-0.05, 0) is 39.5 Å². The van der Waals surface area contributed by atoms with E-state index in [1.165, 1.54) is 0 Å². The summed E-state index contributed by atoms with van der Waals surface area (Å²) in [7, 11) is 0. The molecular weight excluding hydrogens is 244 g/mol. The molecule has 0 saturated heterocycles. The molecule has 0 aromatic heterocycles. The van der Waals surface area contributed by atoms with Crippen LogP contribution in [0.4, 0.5) is 0 Å². The first-order valence-electron chi connectivity index (χ1n) is 6.61. The van der Waals surface area contributed by atoms with Crippen LogP contribution in [0.5, 0.6) is 0 Å². The average molecular weight is 272 g/mol. The predicted octanol–water partition coefficient (Wildman–Crippen LogP) is 1.60. The Morgan fingerprint density at radius 2 is 1.63 bits per heavy atom. The van der Waals surface area contributed by atoms with E-state index in [4.69, 9.17) is 10.5 Å². The molecule has 0 unspecified atom stereocenters. The molecule has 1 amide bonds. The molecule has 112 valence electrons. The molecular formula is C14H28N2O3. The molecule has 0 spiro atoms. The van der Waals surface area contributed by atoms with Gasteiger partial charge in [0.25, 0.3) is 0 Å². The number of ether oxygens (including phenoxy) is 1. The highest BCUT2D eigenvalue weighted by atomic mass is 16.6. The minimum absolute atomic E-state index is 0.0358. The standard InChI is InChI=1S/C14H28N2O3/c1-9(12(18)19-14(5,6)7)16-11(17)10(15)8-13(2,3)4/h9-10H,8,15H2,1-7H3,(H,16,17)/t9-,10-/m0/s1. The fourth-order valence-electron chi connectivity index (χ4n) is 1.52. The molecule has 0 fully saturated rings. The van der Waals surface area contributed by atoms with Gasteiger partial charge >= 0.3 is 5.97 Å². The highest BCUT2D eigenvalue weighted by Gasteiger charge is 2.26. The van der Waals surface area contributed by atoms with E-state index in [0.717, 1.165) is 0 Å². The van der Waals surface area contributed by atoms with Crippen LogP contribution < -0.4 is 11.1 Å². The minimum atomic E-state index is -0.697. The number of carbonyl (C=O) groups excluding carboxylic acids is 2. The third-order valence-electron chi connectivity index (χ3n) is 2.29. The van der Waals surface area contributed by atoms with Crippen molar-refractivity contribution in [2.45, 2.75) is 72.6 Å². The zero-order valence-corrected chi connectivity index (χ0v) is 13.2. The van der Waals surface area contributed by atoms with Gasteiger partial charge in [-0.3, -0.25) is 4.79 Å². The molecule has 0 heterocycles. The van der Waals surface area contributed by atoms with Gasteiger partial charge in [0.2, 0.25) is 5.91 Å². The number of rotatable bonds is 4. The maximum absolute atomic E-state index is 11.9. The normalized spacial score (nSPS) is 15.6. The molecule has 5 nitrogen and oxygen atoms in total. The summed E-state index contributed by atoms with van der Waals surface area (Å²) in [6.07, 6.45) is 0.555. The molecule has 19 heavy (non-hydrogen) atoms. The van der Waals surface area contributed by atoms with E-state index in [2.05, 4.69) is 5.32 Å². The van der Waals surface area contributed by atoms with Crippen LogP contribution in [0.2, 0.25) is 0 Å². The molecule has 5 heteroatoms. The Morgan fingerprint density at radius 3 is 2.00 bits per heavy atom. The zero-order chi connectivity index (χ0) is 15.4. The van der Waals surface area contributed by atoms with Crippen molar-refractivity contribution < 1.29 is 14.3 Å². The number of amides is 1. The second kappa shape index (κ2) is 6.37. The first-order chi connectivity index (χ1) is 8.32. The Labute approximate surface area is 116 Å². The molecule has 0 aliphatic carbocycles. The van der Waals surface area contributed by atoms with E-state index in [1.807, 2.05) is 20.8 Å². The van der Waals surface area contributed by atoms with Crippen LogP contribution in [-0.4, -0.2) is 29.6 Å². The maximum Gasteiger partial charge on any atom is 0.328 e. The summed E-state index contributed by atoms with van der Waals surface area (Å²) in [6.45, 7) is 13.0. The third-order valence-corrected chi connectivity index (χ3v) is 2.29. The van der Waals surface area contributed by atoms with Crippen molar-refractivity contribution in [3.05, 3.63) is 0 Å². The van der Waals surface area contributed by atoms with Gasteiger partial charge in [0.1, 0.15) is 11.6 Å². The molecule has 0 aromatic carbocycles. The maximum atomic E-state index is 11.9. The van der Waals surface area contributed by atoms with Gasteiger partial charge in [0.15, 0.2) is 0 Å². The Balaban J connectivity index is 4.37. The largest absolute Gasteiger partial charge is 0.458 e. The van der Waals surface area contributed by atoms with Crippen molar-refractivity contribution in [3.8, 4) is 0 Å². The summed E-state index contributed by atoms with van der Waals surface area (Å²) < 4.78 is 5.19. The van der Waals surface area contributed by atoms with Gasteiger partial charge in [0.05, 0.1) is 6.04 Å². The van der Waals surface area contributed by atoms with Crippen molar-refractivity contribution in [1.29, 1.82) is 0 Å². The topological polar surface area (TPSA) is 81.4 Å². The number of carbonyl (C=O) groups is 2. The Kier molecular flexibility index (Phi) is 6.00. The van der Waals surface area contributed by atoms with Crippen LogP contribution in [0.25, 0.3) is 0 Å². The van der Waals surface area contributed by atoms with Crippen LogP contribution >= 0.6 is 0 Å². The van der Waals surface area contributed by atoms with Crippen LogP contribution in [-0.2, 0) is 14.3 Å². The zero-order valence-electron chi connectivity index (χ0n) is 13.2. The molecule has 0 radical (unpaired) electrons. The van der Waals surface area contributed by atoms with Gasteiger partial charge in [0, 0.05) is 0 Å². The minimum Gasteiger partial charge on any atom is -0.458 e. The van der Waals surface area contributed by atoms with Crippen molar-refractivity contribution in [2.24, 2.45) is 11.1 Å². The van der Waals surface area contributed by atoms with Gasteiger partial charge in [-0.1, -0.05) is 20.8 Å². The van der Waals surface area contributed by atoms with Crippen molar-refractivity contribution in [1.82, 2.24) is 5.32 Å². The summed E-state index contributed by atoms with van der Waals surface area (Å²) in [5, 5.41) is 2.59. The quantitative estimate of drug-likeness (QED) is 0.762. The second-order valence-electron chi connectivity index (χ2n) is 7.14. The average Bonchev–Trinajstić information content (AvgIpc) is 2.11. The first-order valence-corrected chi connectivity index (χ1v) is 6.61. The molecule has 0 saturated carbocycles. The van der Waals surface area contributed by atoms with Crippen molar-refractivity contribution in [2.75, 3.05) is 0 Å². The Morgan fingerprint density at radius 1 is 1.16 bits per heavy atom. The van der Waals surface area contributed by atoms with E-state index in [0.29, 0.717) is 6.42 Å². The SMILES string of the molecule is C[C@H](NC(=O)[C@@H](N)CC(C)(C)C)C(=O)OC(C)(C)C. The summed E-state index contributed by atoms with van der Waals surface area (Å²) in [6, 6.07) is -1.32. The number of esters is 1. The van der Waals surface area contributed by atoms with Gasteiger partial charge in [-0.25, -0.2) is 4.79 Å². The Hall–Kier alpha value is -1.10. The molecule has 0 aliphatic heterocycles. The van der Waals surface area contributed by atoms with Crippen LogP contribution in [0.1, 0.15) is 54.9 Å². The predicted molar refractivity (Wildman–Crippen MR) is 75.5 cm³/mol. The van der Waals surface area contributed by atoms with Gasteiger partial charge in [-0.2, -0.15) is 0 Å². The van der Waals surface area contributed by atoms with E-state index in [-0.39, 0.29) is 11.3 Å². The lowest BCUT2D eigenvalue weighted by molar-refractivity contribution is -0.158. The van der Waals surface area contributed by atoms with Crippen LogP contribution in [0.3, 0.4) is 0 Å². The number of hydrogen-bond donors (Lipinski definition) is 2. The summed E-state index contributed by atoms with van der Waals surface area (Å²) in [4.78, 5) is 23.6. The van der Waals surface area contributed by atoms with Crippen LogP contribution in [0, 0.1) is 5.41 Å². The molecule has 0 rings (SSSR count). The lowest BCUT2D eigenvalue weighted by atomic mass is 9.88. The second-order valence-corrected chi connectivity index (χ2v) is 7.14. The van der Waals surface area contributed by atoms with E-state index in [9.17, 15) is 9.59 Å². The van der Waals surface area contributed by atoms with Gasteiger partial charge < -0.3 is 15.8 Å². The Bertz CT molecular complexity index is 327. The summed E-state index contributed by atoms with van der Waals surface area (Å²) >= 11 is 0. The van der Waals surface area contributed by atoms with Gasteiger partial charge in [-0.15, -0.1) is 0 Å². The molecule has 0 bridgehead atoms. The monoisotopic (exact) mass is 272 g/mol.